The summed E-state index contributed by atoms with van der Waals surface area (Å²) >= 11 is 0. The molecule has 0 aliphatic heterocycles. The van der Waals surface area contributed by atoms with Gasteiger partial charge in [-0.2, -0.15) is 5.10 Å². The number of methoxy groups -OCH3 is 1. The monoisotopic (exact) mass is 304 g/mol. The Morgan fingerprint density at radius 2 is 2.23 bits per heavy atom. The van der Waals surface area contributed by atoms with Crippen molar-refractivity contribution in [3.8, 4) is 11.5 Å². The lowest BCUT2D eigenvalue weighted by atomic mass is 10.2. The summed E-state index contributed by atoms with van der Waals surface area (Å²) in [5, 5.41) is 6.82. The van der Waals surface area contributed by atoms with Crippen LogP contribution in [0, 0.1) is 0 Å². The summed E-state index contributed by atoms with van der Waals surface area (Å²) in [6.45, 7) is 3.45. The fraction of sp³-hybridized carbons (Fsp3) is 0.400. The number of nitrogens with one attached hydrogen (secondary N) is 1. The van der Waals surface area contributed by atoms with Crippen LogP contribution in [-0.4, -0.2) is 34.4 Å². The summed E-state index contributed by atoms with van der Waals surface area (Å²) in [4.78, 5) is 15.6. The largest absolute Gasteiger partial charge is 0.493 e. The highest BCUT2D eigenvalue weighted by Crippen LogP contribution is 2.27. The third kappa shape index (κ3) is 4.47. The van der Waals surface area contributed by atoms with Crippen LogP contribution in [0.2, 0.25) is 0 Å². The van der Waals surface area contributed by atoms with Crippen LogP contribution < -0.4 is 14.8 Å². The number of carbonyl (C=O) groups excluding carboxylic acids is 1. The standard InChI is InChI=1S/C15H20N4O3/c1-3-22-13-5-4-12(8-14(13)21-2)9-17-15(20)6-7-19-11-16-10-18-19/h4-5,8,10-11H,3,6-7,9H2,1-2H3,(H,17,20). The van der Waals surface area contributed by atoms with Crippen LogP contribution in [0.25, 0.3) is 0 Å². The topological polar surface area (TPSA) is 78.3 Å². The van der Waals surface area contributed by atoms with Crippen molar-refractivity contribution in [2.24, 2.45) is 0 Å². The lowest BCUT2D eigenvalue weighted by Crippen LogP contribution is -2.24. The van der Waals surface area contributed by atoms with Crippen molar-refractivity contribution in [2.75, 3.05) is 13.7 Å². The molecule has 0 aliphatic rings. The van der Waals surface area contributed by atoms with Crippen molar-refractivity contribution < 1.29 is 14.3 Å². The second kappa shape index (κ2) is 8.02. The van der Waals surface area contributed by atoms with E-state index in [1.165, 1.54) is 6.33 Å². The first-order valence-corrected chi connectivity index (χ1v) is 7.11. The number of hydrogen-bond acceptors (Lipinski definition) is 5. The summed E-state index contributed by atoms with van der Waals surface area (Å²) in [6.07, 6.45) is 3.40. The molecule has 22 heavy (non-hydrogen) atoms. The predicted molar refractivity (Wildman–Crippen MR) is 80.6 cm³/mol. The molecule has 0 fully saturated rings. The van der Waals surface area contributed by atoms with Gasteiger partial charge in [-0.3, -0.25) is 9.48 Å². The highest BCUT2D eigenvalue weighted by molar-refractivity contribution is 5.75. The third-order valence-electron chi connectivity index (χ3n) is 3.05. The second-order valence-electron chi connectivity index (χ2n) is 4.60. The summed E-state index contributed by atoms with van der Waals surface area (Å²) in [7, 11) is 1.60. The van der Waals surface area contributed by atoms with Gasteiger partial charge in [-0.1, -0.05) is 6.07 Å². The summed E-state index contributed by atoms with van der Waals surface area (Å²) in [5.41, 5.74) is 0.953. The van der Waals surface area contributed by atoms with E-state index in [0.29, 0.717) is 37.6 Å². The van der Waals surface area contributed by atoms with E-state index >= 15 is 0 Å². The molecular weight excluding hydrogens is 284 g/mol. The van der Waals surface area contributed by atoms with Gasteiger partial charge in [0.1, 0.15) is 12.7 Å². The second-order valence-corrected chi connectivity index (χ2v) is 4.60. The summed E-state index contributed by atoms with van der Waals surface area (Å²) in [5.74, 6) is 1.32. The van der Waals surface area contributed by atoms with Crippen molar-refractivity contribution in [2.45, 2.75) is 26.4 Å². The van der Waals surface area contributed by atoms with Crippen molar-refractivity contribution >= 4 is 5.91 Å². The Morgan fingerprint density at radius 1 is 1.36 bits per heavy atom. The van der Waals surface area contributed by atoms with Gasteiger partial charge in [0.15, 0.2) is 11.5 Å². The average Bonchev–Trinajstić information content (AvgIpc) is 3.05. The molecule has 0 atom stereocenters. The van der Waals surface area contributed by atoms with E-state index in [1.807, 2.05) is 25.1 Å². The number of nitrogens with zero attached hydrogens (tertiary/aromatic N) is 3. The number of benzene rings is 1. The Labute approximate surface area is 129 Å². The number of rotatable bonds is 8. The van der Waals surface area contributed by atoms with Crippen LogP contribution in [0.15, 0.2) is 30.9 Å². The minimum Gasteiger partial charge on any atom is -0.493 e. The number of amides is 1. The molecule has 0 bridgehead atoms. The molecule has 7 nitrogen and oxygen atoms in total. The molecule has 118 valence electrons. The molecule has 0 radical (unpaired) electrons. The lowest BCUT2D eigenvalue weighted by molar-refractivity contribution is -0.121. The Morgan fingerprint density at radius 3 is 2.91 bits per heavy atom. The SMILES string of the molecule is CCOc1ccc(CNC(=O)CCn2cncn2)cc1OC. The number of ether oxygens (including phenoxy) is 2. The quantitative estimate of drug-likeness (QED) is 0.797. The van der Waals surface area contributed by atoms with Crippen LogP contribution in [0.3, 0.4) is 0 Å². The first-order chi connectivity index (χ1) is 10.7. The maximum Gasteiger partial charge on any atom is 0.222 e. The Hall–Kier alpha value is -2.57. The zero-order valence-electron chi connectivity index (χ0n) is 12.8. The number of hydrogen-bond donors (Lipinski definition) is 1. The smallest absolute Gasteiger partial charge is 0.222 e. The summed E-state index contributed by atoms with van der Waals surface area (Å²) < 4.78 is 12.4. The van der Waals surface area contributed by atoms with Crippen LogP contribution in [0.5, 0.6) is 11.5 Å². The number of carbonyl (C=O) groups is 1. The van der Waals surface area contributed by atoms with E-state index < -0.39 is 0 Å². The Kier molecular flexibility index (Phi) is 5.76. The lowest BCUT2D eigenvalue weighted by Gasteiger charge is -2.11. The molecule has 0 saturated carbocycles. The van der Waals surface area contributed by atoms with E-state index in [1.54, 1.807) is 18.1 Å². The molecule has 0 aliphatic carbocycles. The normalized spacial score (nSPS) is 10.3. The van der Waals surface area contributed by atoms with Crippen LogP contribution >= 0.6 is 0 Å². The minimum atomic E-state index is -0.0386. The van der Waals surface area contributed by atoms with E-state index in [-0.39, 0.29) is 5.91 Å². The molecule has 1 heterocycles. The Bertz CT molecular complexity index is 599. The summed E-state index contributed by atoms with van der Waals surface area (Å²) in [6, 6.07) is 5.62. The molecule has 2 aromatic rings. The average molecular weight is 304 g/mol. The van der Waals surface area contributed by atoms with Crippen molar-refractivity contribution in [3.63, 3.8) is 0 Å². The van der Waals surface area contributed by atoms with Gasteiger partial charge < -0.3 is 14.8 Å². The van der Waals surface area contributed by atoms with Gasteiger partial charge in [0.05, 0.1) is 20.3 Å². The maximum absolute atomic E-state index is 11.8. The highest BCUT2D eigenvalue weighted by Gasteiger charge is 2.07. The van der Waals surface area contributed by atoms with Crippen molar-refractivity contribution in [1.29, 1.82) is 0 Å². The molecule has 1 aromatic carbocycles. The molecule has 0 unspecified atom stereocenters. The van der Waals surface area contributed by atoms with Gasteiger partial charge in [0.2, 0.25) is 5.91 Å². The zero-order valence-corrected chi connectivity index (χ0v) is 12.8. The Balaban J connectivity index is 1.84. The predicted octanol–water partition coefficient (Wildman–Crippen LogP) is 1.39. The van der Waals surface area contributed by atoms with Gasteiger partial charge in [-0.05, 0) is 24.6 Å². The van der Waals surface area contributed by atoms with Gasteiger partial charge >= 0.3 is 0 Å². The van der Waals surface area contributed by atoms with Crippen LogP contribution in [0.4, 0.5) is 0 Å². The van der Waals surface area contributed by atoms with Crippen molar-refractivity contribution in [3.05, 3.63) is 36.4 Å². The van der Waals surface area contributed by atoms with E-state index in [0.717, 1.165) is 5.56 Å². The molecule has 7 heteroatoms. The van der Waals surface area contributed by atoms with Crippen LogP contribution in [0.1, 0.15) is 18.9 Å². The van der Waals surface area contributed by atoms with E-state index in [2.05, 4.69) is 15.4 Å². The molecular formula is C15H20N4O3. The number of aryl methyl sites for hydroxylation is 1. The minimum absolute atomic E-state index is 0.0386. The van der Waals surface area contributed by atoms with Crippen LogP contribution in [-0.2, 0) is 17.9 Å². The molecule has 1 N–H and O–H groups in total. The maximum atomic E-state index is 11.8. The van der Waals surface area contributed by atoms with Gasteiger partial charge in [-0.25, -0.2) is 4.98 Å². The van der Waals surface area contributed by atoms with Gasteiger partial charge in [0, 0.05) is 13.0 Å². The van der Waals surface area contributed by atoms with Crippen molar-refractivity contribution in [1.82, 2.24) is 20.1 Å². The third-order valence-corrected chi connectivity index (χ3v) is 3.05. The first-order valence-electron chi connectivity index (χ1n) is 7.11. The molecule has 1 aromatic heterocycles. The van der Waals surface area contributed by atoms with E-state index in [4.69, 9.17) is 9.47 Å². The highest BCUT2D eigenvalue weighted by atomic mass is 16.5. The molecule has 0 saturated heterocycles. The molecule has 2 rings (SSSR count). The molecule has 0 spiro atoms. The van der Waals surface area contributed by atoms with Gasteiger partial charge in [-0.15, -0.1) is 0 Å². The fourth-order valence-electron chi connectivity index (χ4n) is 1.95. The molecule has 1 amide bonds. The first kappa shape index (κ1) is 15.8. The fourth-order valence-corrected chi connectivity index (χ4v) is 1.95. The van der Waals surface area contributed by atoms with E-state index in [9.17, 15) is 4.79 Å². The zero-order chi connectivity index (χ0) is 15.8. The number of aromatic nitrogens is 3. The van der Waals surface area contributed by atoms with Gasteiger partial charge in [0.25, 0.3) is 0 Å².